The quantitative estimate of drug-likeness (QED) is 0.255. The van der Waals surface area contributed by atoms with Crippen LogP contribution in [0, 0.1) is 17.3 Å². The Morgan fingerprint density at radius 3 is 2.28 bits per heavy atom. The van der Waals surface area contributed by atoms with Crippen LogP contribution in [-0.4, -0.2) is 55.0 Å². The SMILES string of the molecule is COc1cc2c(cc1O)CC[C@@H]1[C@@H]2CC[C@]2(C)C(O)CC(NS(=O)(=O)O)(NS(=O)(=O)O)[C@@H]12. The number of phenolic OH excluding ortho intramolecular Hbond substituents is 1. The van der Waals surface area contributed by atoms with Gasteiger partial charge in [0.25, 0.3) is 0 Å². The molecule has 11 nitrogen and oxygen atoms in total. The molecule has 13 heteroatoms. The molecule has 3 aliphatic carbocycles. The number of aryl methyl sites for hydroxylation is 1. The van der Waals surface area contributed by atoms with Crippen molar-refractivity contribution in [3.8, 4) is 11.5 Å². The van der Waals surface area contributed by atoms with Crippen molar-refractivity contribution in [3.05, 3.63) is 23.3 Å². The van der Waals surface area contributed by atoms with Crippen molar-refractivity contribution in [2.24, 2.45) is 17.3 Å². The molecule has 0 saturated heterocycles. The molecule has 0 spiro atoms. The van der Waals surface area contributed by atoms with Crippen LogP contribution in [0.1, 0.15) is 49.7 Å². The van der Waals surface area contributed by atoms with Crippen molar-refractivity contribution < 1.29 is 40.9 Å². The van der Waals surface area contributed by atoms with Crippen molar-refractivity contribution in [3.63, 3.8) is 0 Å². The number of benzene rings is 1. The molecule has 0 aromatic heterocycles. The summed E-state index contributed by atoms with van der Waals surface area (Å²) in [6, 6.07) is 3.38. The molecule has 0 heterocycles. The van der Waals surface area contributed by atoms with Gasteiger partial charge in [-0.05, 0) is 66.2 Å². The number of nitrogens with one attached hydrogen (secondary N) is 2. The lowest BCUT2D eigenvalue weighted by atomic mass is 9.54. The van der Waals surface area contributed by atoms with Crippen molar-refractivity contribution in [1.82, 2.24) is 9.44 Å². The number of methoxy groups -OCH3 is 1. The van der Waals surface area contributed by atoms with E-state index in [1.807, 2.05) is 9.44 Å². The fraction of sp³-hybridized carbons (Fsp3) is 0.684. The van der Waals surface area contributed by atoms with Crippen LogP contribution in [0.15, 0.2) is 12.1 Å². The van der Waals surface area contributed by atoms with Crippen molar-refractivity contribution in [1.29, 1.82) is 0 Å². The van der Waals surface area contributed by atoms with Crippen molar-refractivity contribution in [2.45, 2.75) is 56.7 Å². The second-order valence-corrected chi connectivity index (χ2v) is 11.7. The van der Waals surface area contributed by atoms with Crippen LogP contribution < -0.4 is 14.2 Å². The van der Waals surface area contributed by atoms with Gasteiger partial charge in [-0.2, -0.15) is 26.3 Å². The van der Waals surface area contributed by atoms with E-state index < -0.39 is 43.7 Å². The van der Waals surface area contributed by atoms with Gasteiger partial charge in [0.05, 0.1) is 13.2 Å². The maximum Gasteiger partial charge on any atom is 0.334 e. The highest BCUT2D eigenvalue weighted by molar-refractivity contribution is 7.84. The third-order valence-corrected chi connectivity index (χ3v) is 8.91. The first-order valence-electron chi connectivity index (χ1n) is 10.3. The summed E-state index contributed by atoms with van der Waals surface area (Å²) < 4.78 is 75.7. The number of aromatic hydroxyl groups is 1. The fourth-order valence-corrected chi connectivity index (χ4v) is 8.15. The van der Waals surface area contributed by atoms with Crippen LogP contribution >= 0.6 is 0 Å². The summed E-state index contributed by atoms with van der Waals surface area (Å²) in [7, 11) is -8.38. The molecule has 0 radical (unpaired) electrons. The van der Waals surface area contributed by atoms with Crippen LogP contribution in [0.25, 0.3) is 0 Å². The third kappa shape index (κ3) is 3.89. The Morgan fingerprint density at radius 1 is 1.09 bits per heavy atom. The standard InChI is InChI=1S/C19H28N2O9S2/c1-18-6-5-11-12(4-3-10-7-14(22)15(30-2)8-13(10)11)17(18)19(9-16(18)23,20-31(24,25)26)21-32(27,28)29/h7-8,11-12,16-17,20-23H,3-6,9H2,1-2H3,(H,24,25,26)(H,27,28,29)/t11-,12+,16?,17-,18+/m0/s1. The zero-order chi connectivity index (χ0) is 23.7. The summed E-state index contributed by atoms with van der Waals surface area (Å²) in [4.78, 5) is 0. The highest BCUT2D eigenvalue weighted by atomic mass is 32.2. The van der Waals surface area contributed by atoms with Crippen LogP contribution in [0.4, 0.5) is 0 Å². The predicted molar refractivity (Wildman–Crippen MR) is 113 cm³/mol. The molecule has 32 heavy (non-hydrogen) atoms. The maximum absolute atomic E-state index is 11.8. The summed E-state index contributed by atoms with van der Waals surface area (Å²) in [6.45, 7) is 1.77. The lowest BCUT2D eigenvalue weighted by Gasteiger charge is -2.53. The minimum atomic E-state index is -4.91. The molecule has 1 unspecified atom stereocenters. The largest absolute Gasteiger partial charge is 0.504 e. The molecule has 0 bridgehead atoms. The maximum atomic E-state index is 11.8. The van der Waals surface area contributed by atoms with Crippen molar-refractivity contribution in [2.75, 3.05) is 7.11 Å². The predicted octanol–water partition coefficient (Wildman–Crippen LogP) is 0.709. The Balaban J connectivity index is 1.86. The smallest absolute Gasteiger partial charge is 0.334 e. The van der Waals surface area contributed by atoms with E-state index in [0.717, 1.165) is 11.1 Å². The molecule has 180 valence electrons. The molecule has 1 aromatic carbocycles. The van der Waals surface area contributed by atoms with Gasteiger partial charge in [0.1, 0.15) is 5.66 Å². The first-order valence-corrected chi connectivity index (χ1v) is 13.2. The fourth-order valence-electron chi connectivity index (χ4n) is 6.64. The first kappa shape index (κ1) is 23.7. The molecular weight excluding hydrogens is 464 g/mol. The van der Waals surface area contributed by atoms with Crippen LogP contribution in [0.2, 0.25) is 0 Å². The summed E-state index contributed by atoms with van der Waals surface area (Å²) in [5.74, 6) is -0.904. The van der Waals surface area contributed by atoms with Gasteiger partial charge in [0.2, 0.25) is 0 Å². The first-order chi connectivity index (χ1) is 14.7. The monoisotopic (exact) mass is 492 g/mol. The van der Waals surface area contributed by atoms with Gasteiger partial charge in [0.15, 0.2) is 11.5 Å². The average molecular weight is 493 g/mol. The van der Waals surface area contributed by atoms with E-state index in [-0.39, 0.29) is 24.0 Å². The normalized spacial score (nSPS) is 33.8. The van der Waals surface area contributed by atoms with Gasteiger partial charge in [-0.3, -0.25) is 9.11 Å². The number of hydrogen-bond donors (Lipinski definition) is 6. The molecule has 2 fully saturated rings. The minimum Gasteiger partial charge on any atom is -0.504 e. The Hall–Kier alpha value is -1.48. The molecule has 2 saturated carbocycles. The Labute approximate surface area is 186 Å². The second kappa shape index (κ2) is 7.52. The summed E-state index contributed by atoms with van der Waals surface area (Å²) >= 11 is 0. The van der Waals surface area contributed by atoms with E-state index in [1.165, 1.54) is 7.11 Å². The summed E-state index contributed by atoms with van der Waals surface area (Å²) in [5.41, 5.74) is -1.07. The number of fused-ring (bicyclic) bond motifs is 5. The zero-order valence-corrected chi connectivity index (χ0v) is 19.3. The van der Waals surface area contributed by atoms with Crippen LogP contribution in [-0.2, 0) is 27.0 Å². The van der Waals surface area contributed by atoms with Crippen molar-refractivity contribution >= 4 is 20.6 Å². The van der Waals surface area contributed by atoms with Gasteiger partial charge < -0.3 is 14.9 Å². The van der Waals surface area contributed by atoms with E-state index in [0.29, 0.717) is 31.4 Å². The third-order valence-electron chi connectivity index (χ3n) is 7.67. The molecule has 0 amide bonds. The zero-order valence-electron chi connectivity index (χ0n) is 17.6. The van der Waals surface area contributed by atoms with Crippen LogP contribution in [0.3, 0.4) is 0 Å². The number of aliphatic hydroxyl groups excluding tert-OH is 1. The number of hydrogen-bond acceptors (Lipinski definition) is 7. The lowest BCUT2D eigenvalue weighted by molar-refractivity contribution is -0.0367. The Kier molecular flexibility index (Phi) is 5.56. The molecule has 0 aliphatic heterocycles. The topological polar surface area (TPSA) is 182 Å². The van der Waals surface area contributed by atoms with Gasteiger partial charge in [-0.1, -0.05) is 6.92 Å². The molecule has 1 aromatic rings. The highest BCUT2D eigenvalue weighted by Crippen LogP contribution is 2.63. The Morgan fingerprint density at radius 2 is 1.72 bits per heavy atom. The lowest BCUT2D eigenvalue weighted by Crippen LogP contribution is -2.66. The number of aliphatic hydroxyl groups is 1. The number of rotatable bonds is 5. The molecule has 4 rings (SSSR count). The summed E-state index contributed by atoms with van der Waals surface area (Å²) in [5, 5.41) is 21.1. The van der Waals surface area contributed by atoms with E-state index in [1.54, 1.807) is 19.1 Å². The summed E-state index contributed by atoms with van der Waals surface area (Å²) in [6.07, 6.45) is 0.702. The van der Waals surface area contributed by atoms with Gasteiger partial charge in [0, 0.05) is 12.3 Å². The number of phenols is 1. The van der Waals surface area contributed by atoms with E-state index in [4.69, 9.17) is 4.74 Å². The highest BCUT2D eigenvalue weighted by Gasteiger charge is 2.67. The second-order valence-electron chi connectivity index (χ2n) is 9.40. The van der Waals surface area contributed by atoms with Gasteiger partial charge in [-0.15, -0.1) is 0 Å². The molecule has 5 atom stereocenters. The van der Waals surface area contributed by atoms with Crippen LogP contribution in [0.5, 0.6) is 11.5 Å². The van der Waals surface area contributed by atoms with E-state index in [9.17, 15) is 36.2 Å². The molecular formula is C19H28N2O9S2. The van der Waals surface area contributed by atoms with E-state index in [2.05, 4.69) is 0 Å². The Bertz CT molecular complexity index is 1100. The van der Waals surface area contributed by atoms with Gasteiger partial charge in [-0.25, -0.2) is 0 Å². The minimum absolute atomic E-state index is 0.0112. The van der Waals surface area contributed by atoms with E-state index >= 15 is 0 Å². The average Bonchev–Trinajstić information content (AvgIpc) is 2.84. The molecule has 6 N–H and O–H groups in total. The van der Waals surface area contributed by atoms with Gasteiger partial charge >= 0.3 is 20.6 Å². The number of ether oxygens (including phenoxy) is 1. The molecule has 3 aliphatic rings.